The Balaban J connectivity index is 1.70. The van der Waals surface area contributed by atoms with E-state index in [1.165, 1.54) is 0 Å². The van der Waals surface area contributed by atoms with Gasteiger partial charge in [-0.05, 0) is 35.8 Å². The van der Waals surface area contributed by atoms with Crippen molar-refractivity contribution in [1.29, 1.82) is 0 Å². The number of alkyl halides is 1. The summed E-state index contributed by atoms with van der Waals surface area (Å²) >= 11 is 6.57. The Morgan fingerprint density at radius 2 is 1.90 bits per heavy atom. The average molecular weight is 438 g/mol. The van der Waals surface area contributed by atoms with Gasteiger partial charge in [0.1, 0.15) is 6.04 Å². The second-order valence-corrected chi connectivity index (χ2v) is 9.89. The van der Waals surface area contributed by atoms with Crippen LogP contribution in [0.2, 0.25) is 0 Å². The van der Waals surface area contributed by atoms with E-state index in [1.807, 2.05) is 12.2 Å². The molecule has 3 atom stereocenters. The van der Waals surface area contributed by atoms with Gasteiger partial charge in [-0.15, -0.1) is 11.6 Å². The van der Waals surface area contributed by atoms with Crippen LogP contribution in [0.3, 0.4) is 0 Å². The molecule has 8 heteroatoms. The summed E-state index contributed by atoms with van der Waals surface area (Å²) in [6.07, 6.45) is 5.98. The van der Waals surface area contributed by atoms with Crippen molar-refractivity contribution in [3.05, 3.63) is 23.4 Å². The van der Waals surface area contributed by atoms with Gasteiger partial charge in [0.15, 0.2) is 0 Å². The summed E-state index contributed by atoms with van der Waals surface area (Å²) in [7, 11) is 0. The molecule has 1 unspecified atom stereocenters. The molecule has 0 aromatic rings. The number of halogens is 1. The van der Waals surface area contributed by atoms with Crippen LogP contribution in [-0.4, -0.2) is 48.9 Å². The van der Waals surface area contributed by atoms with E-state index in [9.17, 15) is 14.4 Å². The molecular formula is C22H32ClN3O4. The normalized spacial score (nSPS) is 26.3. The van der Waals surface area contributed by atoms with Crippen LogP contribution in [0.1, 0.15) is 46.5 Å². The van der Waals surface area contributed by atoms with Crippen molar-refractivity contribution >= 4 is 29.3 Å². The molecule has 1 aliphatic carbocycles. The van der Waals surface area contributed by atoms with Gasteiger partial charge in [-0.3, -0.25) is 14.4 Å². The molecule has 2 aliphatic heterocycles. The van der Waals surface area contributed by atoms with Crippen molar-refractivity contribution in [2.24, 2.45) is 17.3 Å². The van der Waals surface area contributed by atoms with Gasteiger partial charge >= 0.3 is 0 Å². The number of hydrogen-bond acceptors (Lipinski definition) is 4. The first-order chi connectivity index (χ1) is 14.1. The maximum atomic E-state index is 13.2. The first-order valence-electron chi connectivity index (χ1n) is 10.7. The Hall–Kier alpha value is -1.86. The van der Waals surface area contributed by atoms with Gasteiger partial charge in [0.25, 0.3) is 0 Å². The lowest BCUT2D eigenvalue weighted by molar-refractivity contribution is -0.133. The molecule has 2 fully saturated rings. The molecule has 166 valence electrons. The fraction of sp³-hybridized carbons (Fsp3) is 0.682. The average Bonchev–Trinajstić information content (AvgIpc) is 3.12. The molecule has 0 bridgehead atoms. The standard InChI is InChI=1S/C22H32ClN3O4/c1-22(2,3)16-5-4-15(11-17(16)23)25-21(29)19(13-6-8-30-9-7-13)26-20(28)14-10-18(27)24-12-14/h4-5,13-14,17,19H,6-12H2,1-3H3,(H,24,27)(H,25,29)(H,26,28)/t14-,17?,19+/m0/s1. The summed E-state index contributed by atoms with van der Waals surface area (Å²) in [5, 5.41) is 8.37. The molecule has 3 N–H and O–H groups in total. The highest BCUT2D eigenvalue weighted by Gasteiger charge is 2.36. The van der Waals surface area contributed by atoms with Crippen LogP contribution in [-0.2, 0) is 19.1 Å². The van der Waals surface area contributed by atoms with Gasteiger partial charge in [-0.2, -0.15) is 0 Å². The molecular weight excluding hydrogens is 406 g/mol. The number of ether oxygens (including phenoxy) is 1. The first-order valence-corrected chi connectivity index (χ1v) is 11.1. The van der Waals surface area contributed by atoms with Crippen molar-refractivity contribution in [2.45, 2.75) is 57.9 Å². The van der Waals surface area contributed by atoms with Gasteiger partial charge < -0.3 is 20.7 Å². The summed E-state index contributed by atoms with van der Waals surface area (Å²) in [6, 6.07) is -0.667. The molecule has 0 saturated carbocycles. The lowest BCUT2D eigenvalue weighted by Gasteiger charge is -2.33. The summed E-state index contributed by atoms with van der Waals surface area (Å²) in [5.41, 5.74) is 1.84. The highest BCUT2D eigenvalue weighted by Crippen LogP contribution is 2.35. The van der Waals surface area contributed by atoms with E-state index < -0.39 is 12.0 Å². The summed E-state index contributed by atoms with van der Waals surface area (Å²) in [6.45, 7) is 7.79. The Morgan fingerprint density at radius 3 is 2.47 bits per heavy atom. The van der Waals surface area contributed by atoms with E-state index in [1.54, 1.807) is 0 Å². The molecule has 3 aliphatic rings. The Kier molecular flexibility index (Phi) is 7.24. The third-order valence-electron chi connectivity index (χ3n) is 6.02. The molecule has 7 nitrogen and oxygen atoms in total. The minimum atomic E-state index is -0.667. The van der Waals surface area contributed by atoms with Crippen molar-refractivity contribution in [3.8, 4) is 0 Å². The van der Waals surface area contributed by atoms with Gasteiger partial charge in [0, 0.05) is 38.3 Å². The van der Waals surface area contributed by atoms with E-state index >= 15 is 0 Å². The molecule has 0 spiro atoms. The Morgan fingerprint density at radius 1 is 1.20 bits per heavy atom. The van der Waals surface area contributed by atoms with Crippen molar-refractivity contribution in [3.63, 3.8) is 0 Å². The lowest BCUT2D eigenvalue weighted by atomic mass is 9.81. The molecule has 0 aromatic carbocycles. The third kappa shape index (κ3) is 5.64. The number of nitrogens with one attached hydrogen (secondary N) is 3. The Bertz CT molecular complexity index is 750. The molecule has 3 rings (SSSR count). The number of carbonyl (C=O) groups is 3. The Labute approximate surface area is 183 Å². The van der Waals surface area contributed by atoms with Gasteiger partial charge in [0.2, 0.25) is 17.7 Å². The van der Waals surface area contributed by atoms with Crippen molar-refractivity contribution in [2.75, 3.05) is 19.8 Å². The fourth-order valence-corrected chi connectivity index (χ4v) is 4.79. The molecule has 2 saturated heterocycles. The van der Waals surface area contributed by atoms with Crippen LogP contribution < -0.4 is 16.0 Å². The topological polar surface area (TPSA) is 96.5 Å². The van der Waals surface area contributed by atoms with Crippen molar-refractivity contribution in [1.82, 2.24) is 16.0 Å². The molecule has 0 radical (unpaired) electrons. The van der Waals surface area contributed by atoms with Crippen LogP contribution in [0.4, 0.5) is 0 Å². The van der Waals surface area contributed by atoms with E-state index in [4.69, 9.17) is 16.3 Å². The quantitative estimate of drug-likeness (QED) is 0.573. The minimum absolute atomic E-state index is 0.00979. The molecule has 30 heavy (non-hydrogen) atoms. The first kappa shape index (κ1) is 22.8. The smallest absolute Gasteiger partial charge is 0.246 e. The highest BCUT2D eigenvalue weighted by atomic mass is 35.5. The summed E-state index contributed by atoms with van der Waals surface area (Å²) in [5.74, 6) is -1.09. The van der Waals surface area contributed by atoms with E-state index in [0.29, 0.717) is 39.0 Å². The van der Waals surface area contributed by atoms with Crippen LogP contribution in [0.5, 0.6) is 0 Å². The van der Waals surface area contributed by atoms with E-state index in [-0.39, 0.29) is 40.9 Å². The molecule has 3 amide bonds. The zero-order valence-corrected chi connectivity index (χ0v) is 18.7. The molecule has 2 heterocycles. The monoisotopic (exact) mass is 437 g/mol. The lowest BCUT2D eigenvalue weighted by Crippen LogP contribution is -2.53. The maximum Gasteiger partial charge on any atom is 0.246 e. The van der Waals surface area contributed by atoms with Crippen LogP contribution >= 0.6 is 11.6 Å². The SMILES string of the molecule is CC(C)(C)C1=CC=C(NC(=O)[C@H](NC(=O)[C@@H]2CNC(=O)C2)C2CCOCC2)CC1Cl. The van der Waals surface area contributed by atoms with E-state index in [2.05, 4.69) is 36.7 Å². The van der Waals surface area contributed by atoms with Crippen LogP contribution in [0, 0.1) is 17.3 Å². The fourth-order valence-electron chi connectivity index (χ4n) is 4.22. The third-order valence-corrected chi connectivity index (χ3v) is 6.41. The second kappa shape index (κ2) is 9.52. The number of allylic oxidation sites excluding steroid dienone is 4. The maximum absolute atomic E-state index is 13.2. The number of rotatable bonds is 5. The zero-order chi connectivity index (χ0) is 21.9. The predicted molar refractivity (Wildman–Crippen MR) is 115 cm³/mol. The van der Waals surface area contributed by atoms with Crippen molar-refractivity contribution < 1.29 is 19.1 Å². The largest absolute Gasteiger partial charge is 0.381 e. The second-order valence-electron chi connectivity index (χ2n) is 9.37. The number of amides is 3. The zero-order valence-electron chi connectivity index (χ0n) is 17.9. The van der Waals surface area contributed by atoms with Crippen LogP contribution in [0.15, 0.2) is 23.4 Å². The van der Waals surface area contributed by atoms with Gasteiger partial charge in [-0.1, -0.05) is 26.8 Å². The van der Waals surface area contributed by atoms with Gasteiger partial charge in [0.05, 0.1) is 11.3 Å². The predicted octanol–water partition coefficient (Wildman–Crippen LogP) is 2.02. The highest BCUT2D eigenvalue weighted by molar-refractivity contribution is 6.22. The summed E-state index contributed by atoms with van der Waals surface area (Å²) in [4.78, 5) is 37.3. The van der Waals surface area contributed by atoms with Crippen LogP contribution in [0.25, 0.3) is 0 Å². The minimum Gasteiger partial charge on any atom is -0.381 e. The molecule has 0 aromatic heterocycles. The number of carbonyl (C=O) groups excluding carboxylic acids is 3. The van der Waals surface area contributed by atoms with E-state index in [0.717, 1.165) is 11.3 Å². The van der Waals surface area contributed by atoms with Gasteiger partial charge in [-0.25, -0.2) is 0 Å². The summed E-state index contributed by atoms with van der Waals surface area (Å²) < 4.78 is 5.42. The number of hydrogen-bond donors (Lipinski definition) is 3.